The highest BCUT2D eigenvalue weighted by Crippen LogP contribution is 2.17. The van der Waals surface area contributed by atoms with E-state index < -0.39 is 6.04 Å². The second-order valence-corrected chi connectivity index (χ2v) is 6.86. The maximum absolute atomic E-state index is 12.4. The summed E-state index contributed by atoms with van der Waals surface area (Å²) < 4.78 is 0. The molecule has 0 aromatic carbocycles. The molecule has 23 heavy (non-hydrogen) atoms. The third-order valence-electron chi connectivity index (χ3n) is 4.10. The number of hydrogen-bond acceptors (Lipinski definition) is 3. The Hall–Kier alpha value is -1.59. The number of piperidine rings is 1. The number of likely N-dealkylation sites (tertiary alicyclic amines) is 1. The van der Waals surface area contributed by atoms with Crippen LogP contribution >= 0.6 is 0 Å². The molecule has 0 radical (unpaired) electrons. The first-order chi connectivity index (χ1) is 10.8. The highest BCUT2D eigenvalue weighted by atomic mass is 16.2. The van der Waals surface area contributed by atoms with Gasteiger partial charge in [-0.15, -0.1) is 0 Å². The molecule has 2 N–H and O–H groups in total. The molecular weight excluding hydrogens is 294 g/mol. The molecule has 1 fully saturated rings. The summed E-state index contributed by atoms with van der Waals surface area (Å²) in [5.41, 5.74) is 0. The van der Waals surface area contributed by atoms with Crippen LogP contribution in [0.15, 0.2) is 0 Å². The molecule has 1 rings (SSSR count). The second-order valence-electron chi connectivity index (χ2n) is 6.86. The molecule has 1 aliphatic heterocycles. The lowest BCUT2D eigenvalue weighted by Gasteiger charge is -2.35. The van der Waals surface area contributed by atoms with Crippen LogP contribution in [0, 0.1) is 5.92 Å². The van der Waals surface area contributed by atoms with Crippen molar-refractivity contribution in [1.82, 2.24) is 15.5 Å². The molecule has 1 saturated heterocycles. The van der Waals surface area contributed by atoms with Crippen LogP contribution in [-0.4, -0.2) is 47.8 Å². The number of hydrogen-bond donors (Lipinski definition) is 2. The maximum atomic E-state index is 12.4. The van der Waals surface area contributed by atoms with Gasteiger partial charge in [0.1, 0.15) is 6.04 Å². The molecule has 2 atom stereocenters. The van der Waals surface area contributed by atoms with Crippen LogP contribution in [-0.2, 0) is 14.4 Å². The quantitative estimate of drug-likeness (QED) is 0.743. The number of amides is 3. The lowest BCUT2D eigenvalue weighted by Crippen LogP contribution is -2.51. The molecule has 2 unspecified atom stereocenters. The van der Waals surface area contributed by atoms with E-state index in [1.165, 1.54) is 0 Å². The molecule has 1 heterocycles. The summed E-state index contributed by atoms with van der Waals surface area (Å²) in [4.78, 5) is 37.6. The highest BCUT2D eigenvalue weighted by Gasteiger charge is 2.27. The Morgan fingerprint density at radius 2 is 1.83 bits per heavy atom. The van der Waals surface area contributed by atoms with Crippen molar-refractivity contribution in [3.05, 3.63) is 0 Å². The molecule has 0 aromatic rings. The third kappa shape index (κ3) is 7.01. The lowest BCUT2D eigenvalue weighted by atomic mass is 10.0. The van der Waals surface area contributed by atoms with Crippen LogP contribution in [0.3, 0.4) is 0 Å². The van der Waals surface area contributed by atoms with Gasteiger partial charge in [-0.05, 0) is 39.0 Å². The SMILES string of the molecule is CC(C)CC(=O)NCCC(=O)NC(C)C(=O)N1CCCCC1C. The zero-order valence-electron chi connectivity index (χ0n) is 14.9. The van der Waals surface area contributed by atoms with Crippen molar-refractivity contribution in [1.29, 1.82) is 0 Å². The molecule has 0 spiro atoms. The molecule has 0 saturated carbocycles. The Bertz CT molecular complexity index is 423. The number of rotatable bonds is 7. The summed E-state index contributed by atoms with van der Waals surface area (Å²) in [6, 6.07) is -0.277. The van der Waals surface area contributed by atoms with E-state index in [2.05, 4.69) is 17.6 Å². The summed E-state index contributed by atoms with van der Waals surface area (Å²) >= 11 is 0. The zero-order chi connectivity index (χ0) is 17.4. The van der Waals surface area contributed by atoms with E-state index in [1.807, 2.05) is 18.7 Å². The second kappa shape index (κ2) is 9.53. The fraction of sp³-hybridized carbons (Fsp3) is 0.824. The van der Waals surface area contributed by atoms with Gasteiger partial charge in [-0.3, -0.25) is 14.4 Å². The van der Waals surface area contributed by atoms with Gasteiger partial charge in [0.2, 0.25) is 17.7 Å². The Balaban J connectivity index is 2.30. The van der Waals surface area contributed by atoms with Crippen molar-refractivity contribution in [2.24, 2.45) is 5.92 Å². The smallest absolute Gasteiger partial charge is 0.245 e. The predicted octanol–water partition coefficient (Wildman–Crippen LogP) is 1.44. The normalized spacial score (nSPS) is 19.3. The molecule has 1 aliphatic rings. The van der Waals surface area contributed by atoms with E-state index in [0.29, 0.717) is 18.9 Å². The molecule has 0 bridgehead atoms. The van der Waals surface area contributed by atoms with Crippen molar-refractivity contribution in [3.63, 3.8) is 0 Å². The van der Waals surface area contributed by atoms with Crippen LogP contribution in [0.2, 0.25) is 0 Å². The van der Waals surface area contributed by atoms with Crippen LogP contribution in [0.1, 0.15) is 59.8 Å². The van der Waals surface area contributed by atoms with Crippen molar-refractivity contribution in [2.75, 3.05) is 13.1 Å². The number of nitrogens with zero attached hydrogens (tertiary/aromatic N) is 1. The van der Waals surface area contributed by atoms with Crippen molar-refractivity contribution in [3.8, 4) is 0 Å². The highest BCUT2D eigenvalue weighted by molar-refractivity contribution is 5.87. The summed E-state index contributed by atoms with van der Waals surface area (Å²) in [5, 5.41) is 5.45. The van der Waals surface area contributed by atoms with E-state index in [1.54, 1.807) is 6.92 Å². The average Bonchev–Trinajstić information content (AvgIpc) is 2.46. The minimum absolute atomic E-state index is 0.0191. The average molecular weight is 325 g/mol. The van der Waals surface area contributed by atoms with Gasteiger partial charge in [0.05, 0.1) is 0 Å². The van der Waals surface area contributed by atoms with Crippen LogP contribution in [0.4, 0.5) is 0 Å². The first-order valence-corrected chi connectivity index (χ1v) is 8.67. The first-order valence-electron chi connectivity index (χ1n) is 8.67. The van der Waals surface area contributed by atoms with Crippen LogP contribution in [0.25, 0.3) is 0 Å². The first kappa shape index (κ1) is 19.5. The summed E-state index contributed by atoms with van der Waals surface area (Å²) in [6.45, 7) is 8.79. The van der Waals surface area contributed by atoms with Crippen molar-refractivity contribution < 1.29 is 14.4 Å². The van der Waals surface area contributed by atoms with Crippen molar-refractivity contribution in [2.45, 2.75) is 71.9 Å². The van der Waals surface area contributed by atoms with Crippen LogP contribution in [0.5, 0.6) is 0 Å². The predicted molar refractivity (Wildman–Crippen MR) is 89.7 cm³/mol. The molecule has 0 aromatic heterocycles. The van der Waals surface area contributed by atoms with Gasteiger partial charge in [-0.1, -0.05) is 13.8 Å². The molecule has 0 aliphatic carbocycles. The topological polar surface area (TPSA) is 78.5 Å². The Morgan fingerprint density at radius 1 is 1.13 bits per heavy atom. The van der Waals surface area contributed by atoms with E-state index in [-0.39, 0.29) is 30.2 Å². The number of carbonyl (C=O) groups is 3. The number of carbonyl (C=O) groups excluding carboxylic acids is 3. The summed E-state index contributed by atoms with van der Waals surface area (Å²) in [6.07, 6.45) is 3.86. The monoisotopic (exact) mass is 325 g/mol. The van der Waals surface area contributed by atoms with Gasteiger partial charge in [0.15, 0.2) is 0 Å². The standard InChI is InChI=1S/C17H31N3O3/c1-12(2)11-16(22)18-9-8-15(21)19-14(4)17(23)20-10-6-5-7-13(20)3/h12-14H,5-11H2,1-4H3,(H,18,22)(H,19,21). The van der Waals surface area contributed by atoms with Gasteiger partial charge in [0.25, 0.3) is 0 Å². The lowest BCUT2D eigenvalue weighted by molar-refractivity contribution is -0.138. The van der Waals surface area contributed by atoms with Crippen LogP contribution < -0.4 is 10.6 Å². The van der Waals surface area contributed by atoms with Gasteiger partial charge in [0, 0.05) is 32.0 Å². The van der Waals surface area contributed by atoms with Crippen molar-refractivity contribution >= 4 is 17.7 Å². The third-order valence-corrected chi connectivity index (χ3v) is 4.10. The van der Waals surface area contributed by atoms with Gasteiger partial charge < -0.3 is 15.5 Å². The van der Waals surface area contributed by atoms with E-state index in [9.17, 15) is 14.4 Å². The van der Waals surface area contributed by atoms with Gasteiger partial charge in [-0.25, -0.2) is 0 Å². The van der Waals surface area contributed by atoms with Gasteiger partial charge in [-0.2, -0.15) is 0 Å². The Labute approximate surface area is 139 Å². The fourth-order valence-corrected chi connectivity index (χ4v) is 2.81. The minimum Gasteiger partial charge on any atom is -0.356 e. The molecule has 6 nitrogen and oxygen atoms in total. The Kier molecular flexibility index (Phi) is 8.06. The maximum Gasteiger partial charge on any atom is 0.245 e. The molecule has 132 valence electrons. The van der Waals surface area contributed by atoms with E-state index >= 15 is 0 Å². The Morgan fingerprint density at radius 3 is 2.43 bits per heavy atom. The summed E-state index contributed by atoms with van der Waals surface area (Å²) in [5.74, 6) is 0.0295. The molecule has 6 heteroatoms. The summed E-state index contributed by atoms with van der Waals surface area (Å²) in [7, 11) is 0. The van der Waals surface area contributed by atoms with E-state index in [4.69, 9.17) is 0 Å². The van der Waals surface area contributed by atoms with E-state index in [0.717, 1.165) is 25.8 Å². The number of nitrogens with one attached hydrogen (secondary N) is 2. The fourth-order valence-electron chi connectivity index (χ4n) is 2.81. The molecule has 3 amide bonds. The van der Waals surface area contributed by atoms with Gasteiger partial charge >= 0.3 is 0 Å². The zero-order valence-corrected chi connectivity index (χ0v) is 14.9. The minimum atomic E-state index is -0.519. The largest absolute Gasteiger partial charge is 0.356 e. The molecular formula is C17H31N3O3.